The Morgan fingerprint density at radius 1 is 1.27 bits per heavy atom. The van der Waals surface area contributed by atoms with Crippen LogP contribution in [0, 0.1) is 19.8 Å². The van der Waals surface area contributed by atoms with E-state index < -0.39 is 0 Å². The molecule has 6 nitrogen and oxygen atoms in total. The van der Waals surface area contributed by atoms with Crippen LogP contribution >= 0.6 is 12.4 Å². The van der Waals surface area contributed by atoms with Crippen molar-refractivity contribution in [3.8, 4) is 0 Å². The van der Waals surface area contributed by atoms with Gasteiger partial charge in [0.25, 0.3) is 0 Å². The van der Waals surface area contributed by atoms with Gasteiger partial charge in [-0.3, -0.25) is 14.5 Å². The summed E-state index contributed by atoms with van der Waals surface area (Å²) in [6, 6.07) is 6.17. The molecule has 3 heterocycles. The van der Waals surface area contributed by atoms with Gasteiger partial charge in [-0.25, -0.2) is 0 Å². The van der Waals surface area contributed by atoms with Gasteiger partial charge in [0.05, 0.1) is 24.4 Å². The van der Waals surface area contributed by atoms with Crippen molar-refractivity contribution in [3.05, 3.63) is 47.0 Å². The number of nitrogens with one attached hydrogen (secondary N) is 1. The monoisotopic (exact) mass is 433 g/mol. The molecule has 0 aromatic carbocycles. The molecule has 1 N–H and O–H groups in total. The minimum Gasteiger partial charge on any atom is -0.333 e. The van der Waals surface area contributed by atoms with Crippen molar-refractivity contribution in [2.45, 2.75) is 72.5 Å². The predicted molar refractivity (Wildman–Crippen MR) is 123 cm³/mol. The van der Waals surface area contributed by atoms with Crippen LogP contribution in [0.4, 0.5) is 0 Å². The zero-order chi connectivity index (χ0) is 20.8. The van der Waals surface area contributed by atoms with Crippen molar-refractivity contribution in [1.29, 1.82) is 0 Å². The summed E-state index contributed by atoms with van der Waals surface area (Å²) in [5, 5.41) is 8.16. The summed E-state index contributed by atoms with van der Waals surface area (Å²) in [7, 11) is 0. The Kier molecular flexibility index (Phi) is 9.31. The average molecular weight is 434 g/mol. The molecule has 1 amide bonds. The predicted octanol–water partition coefficient (Wildman–Crippen LogP) is 3.69. The maximum atomic E-state index is 13.5. The lowest BCUT2D eigenvalue weighted by molar-refractivity contribution is -0.133. The average Bonchev–Trinajstić information content (AvgIpc) is 2.88. The van der Waals surface area contributed by atoms with E-state index in [-0.39, 0.29) is 24.4 Å². The Labute approximate surface area is 186 Å². The lowest BCUT2D eigenvalue weighted by Crippen LogP contribution is -2.41. The number of carbonyl (C=O) groups excluding carboxylic acids is 1. The fourth-order valence-electron chi connectivity index (χ4n) is 4.17. The van der Waals surface area contributed by atoms with Crippen LogP contribution in [0.5, 0.6) is 0 Å². The van der Waals surface area contributed by atoms with Crippen molar-refractivity contribution >= 4 is 18.3 Å². The number of amides is 1. The molecule has 0 aliphatic carbocycles. The highest BCUT2D eigenvalue weighted by molar-refractivity contribution is 5.85. The Morgan fingerprint density at radius 2 is 2.07 bits per heavy atom. The van der Waals surface area contributed by atoms with Crippen LogP contribution < -0.4 is 5.32 Å². The minimum atomic E-state index is 0. The van der Waals surface area contributed by atoms with E-state index >= 15 is 0 Å². The largest absolute Gasteiger partial charge is 0.333 e. The first-order chi connectivity index (χ1) is 14.0. The third kappa shape index (κ3) is 6.29. The number of rotatable bonds is 7. The maximum Gasteiger partial charge on any atom is 0.227 e. The highest BCUT2D eigenvalue weighted by Gasteiger charge is 2.27. The molecule has 7 heteroatoms. The molecule has 1 saturated heterocycles. The zero-order valence-electron chi connectivity index (χ0n) is 18.7. The van der Waals surface area contributed by atoms with Gasteiger partial charge in [-0.1, -0.05) is 19.9 Å². The van der Waals surface area contributed by atoms with Gasteiger partial charge in [0.2, 0.25) is 5.91 Å². The van der Waals surface area contributed by atoms with E-state index in [0.717, 1.165) is 61.5 Å². The third-order valence-corrected chi connectivity index (χ3v) is 5.76. The topological polar surface area (TPSA) is 63.1 Å². The summed E-state index contributed by atoms with van der Waals surface area (Å²) in [6.07, 6.45) is 5.34. The molecule has 2 aromatic rings. The van der Waals surface area contributed by atoms with Crippen molar-refractivity contribution in [1.82, 2.24) is 25.0 Å². The Bertz CT molecular complexity index is 797. The summed E-state index contributed by atoms with van der Waals surface area (Å²) in [5.41, 5.74) is 4.11. The van der Waals surface area contributed by atoms with Crippen molar-refractivity contribution in [3.63, 3.8) is 0 Å². The standard InChI is InChI=1S/C23H35N5O.ClH/c1-17(2)15-28-19(4)22(18(3)26-28)14-23(29)27(16-20-8-5-6-12-25-20)21-9-7-11-24-13-10-21;/h5-6,8,12,17,21,24H,7,9-11,13-16H2,1-4H3;1H. The molecule has 1 unspecified atom stereocenters. The summed E-state index contributed by atoms with van der Waals surface area (Å²) in [5.74, 6) is 0.702. The lowest BCUT2D eigenvalue weighted by Gasteiger charge is -2.31. The molecule has 0 radical (unpaired) electrons. The van der Waals surface area contributed by atoms with Crippen LogP contribution in [0.2, 0.25) is 0 Å². The zero-order valence-corrected chi connectivity index (χ0v) is 19.5. The smallest absolute Gasteiger partial charge is 0.227 e. The summed E-state index contributed by atoms with van der Waals surface area (Å²) in [6.45, 7) is 11.9. The van der Waals surface area contributed by atoms with E-state index in [1.807, 2.05) is 25.1 Å². The second kappa shape index (κ2) is 11.5. The normalized spacial score (nSPS) is 16.8. The maximum absolute atomic E-state index is 13.5. The molecule has 0 spiro atoms. The highest BCUT2D eigenvalue weighted by Crippen LogP contribution is 2.21. The fourth-order valence-corrected chi connectivity index (χ4v) is 4.17. The molecule has 166 valence electrons. The minimum absolute atomic E-state index is 0. The second-order valence-corrected chi connectivity index (χ2v) is 8.58. The third-order valence-electron chi connectivity index (χ3n) is 5.76. The van der Waals surface area contributed by atoms with Crippen LogP contribution in [0.1, 0.15) is 55.8 Å². The fraction of sp³-hybridized carbons (Fsp3) is 0.609. The van der Waals surface area contributed by atoms with Crippen molar-refractivity contribution in [2.75, 3.05) is 13.1 Å². The molecule has 1 aliphatic rings. The van der Waals surface area contributed by atoms with E-state index in [2.05, 4.69) is 40.7 Å². The van der Waals surface area contributed by atoms with Crippen LogP contribution in [-0.2, 0) is 24.3 Å². The van der Waals surface area contributed by atoms with E-state index in [1.54, 1.807) is 6.20 Å². The van der Waals surface area contributed by atoms with Crippen molar-refractivity contribution < 1.29 is 4.79 Å². The van der Waals surface area contributed by atoms with Crippen LogP contribution in [0.3, 0.4) is 0 Å². The van der Waals surface area contributed by atoms with Crippen LogP contribution in [0.25, 0.3) is 0 Å². The Hall–Kier alpha value is -1.92. The van der Waals surface area contributed by atoms with Gasteiger partial charge in [0.15, 0.2) is 0 Å². The summed E-state index contributed by atoms with van der Waals surface area (Å²) < 4.78 is 2.06. The van der Waals surface area contributed by atoms with E-state index in [0.29, 0.717) is 18.9 Å². The number of pyridine rings is 1. The number of aromatic nitrogens is 3. The van der Waals surface area contributed by atoms with Gasteiger partial charge in [-0.05, 0) is 64.3 Å². The number of carbonyl (C=O) groups is 1. The summed E-state index contributed by atoms with van der Waals surface area (Å²) >= 11 is 0. The Balaban J connectivity index is 0.00000320. The van der Waals surface area contributed by atoms with Gasteiger partial charge in [0, 0.05) is 30.0 Å². The molecule has 30 heavy (non-hydrogen) atoms. The Morgan fingerprint density at radius 3 is 2.77 bits per heavy atom. The highest BCUT2D eigenvalue weighted by atomic mass is 35.5. The molecule has 0 bridgehead atoms. The van der Waals surface area contributed by atoms with Gasteiger partial charge >= 0.3 is 0 Å². The van der Waals surface area contributed by atoms with Gasteiger partial charge in [-0.2, -0.15) is 5.10 Å². The molecule has 0 saturated carbocycles. The van der Waals surface area contributed by atoms with Crippen LogP contribution in [-0.4, -0.2) is 44.7 Å². The van der Waals surface area contributed by atoms with E-state index in [1.165, 1.54) is 0 Å². The second-order valence-electron chi connectivity index (χ2n) is 8.58. The molecular weight excluding hydrogens is 398 g/mol. The van der Waals surface area contributed by atoms with E-state index in [4.69, 9.17) is 5.10 Å². The first kappa shape index (κ1) is 24.4. The van der Waals surface area contributed by atoms with Crippen molar-refractivity contribution in [2.24, 2.45) is 5.92 Å². The van der Waals surface area contributed by atoms with Gasteiger partial charge < -0.3 is 10.2 Å². The molecule has 3 rings (SSSR count). The summed E-state index contributed by atoms with van der Waals surface area (Å²) in [4.78, 5) is 20.0. The van der Waals surface area contributed by atoms with Crippen LogP contribution in [0.15, 0.2) is 24.4 Å². The quantitative estimate of drug-likeness (QED) is 0.723. The number of hydrogen-bond donors (Lipinski definition) is 1. The molecular formula is C23H36ClN5O. The number of aryl methyl sites for hydroxylation is 1. The molecule has 1 aliphatic heterocycles. The molecule has 1 atom stereocenters. The number of hydrogen-bond acceptors (Lipinski definition) is 4. The first-order valence-corrected chi connectivity index (χ1v) is 10.9. The molecule has 1 fully saturated rings. The number of halogens is 1. The SMILES string of the molecule is Cc1nn(CC(C)C)c(C)c1CC(=O)N(Cc1ccccn1)C1CCCNCC1.Cl. The van der Waals surface area contributed by atoms with Gasteiger partial charge in [0.1, 0.15) is 0 Å². The first-order valence-electron chi connectivity index (χ1n) is 10.9. The lowest BCUT2D eigenvalue weighted by atomic mass is 10.0. The molecule has 2 aromatic heterocycles. The van der Waals surface area contributed by atoms with E-state index in [9.17, 15) is 4.79 Å². The number of nitrogens with zero attached hydrogens (tertiary/aromatic N) is 4. The van der Waals surface area contributed by atoms with Gasteiger partial charge in [-0.15, -0.1) is 12.4 Å².